The number of carbonyl (C=O) groups excluding carboxylic acids is 2. The number of esters is 1. The maximum Gasteiger partial charge on any atom is 0.338 e. The summed E-state index contributed by atoms with van der Waals surface area (Å²) in [5.41, 5.74) is 3.69. The van der Waals surface area contributed by atoms with E-state index in [2.05, 4.69) is 10.2 Å². The Morgan fingerprint density at radius 1 is 1.18 bits per heavy atom. The summed E-state index contributed by atoms with van der Waals surface area (Å²) in [7, 11) is 0. The van der Waals surface area contributed by atoms with E-state index in [4.69, 9.17) is 4.74 Å². The van der Waals surface area contributed by atoms with Crippen LogP contribution >= 0.6 is 0 Å². The van der Waals surface area contributed by atoms with E-state index in [0.717, 1.165) is 16.8 Å². The van der Waals surface area contributed by atoms with Crippen LogP contribution < -0.4 is 4.90 Å². The van der Waals surface area contributed by atoms with Crippen molar-refractivity contribution in [3.05, 3.63) is 82.4 Å². The van der Waals surface area contributed by atoms with Gasteiger partial charge < -0.3 is 4.74 Å². The molecule has 4 rings (SSSR count). The Morgan fingerprint density at radius 3 is 2.50 bits per heavy atom. The molecule has 0 unspecified atom stereocenters. The maximum atomic E-state index is 13.4. The zero-order valence-corrected chi connectivity index (χ0v) is 15.4. The molecule has 7 heteroatoms. The summed E-state index contributed by atoms with van der Waals surface area (Å²) in [6.07, 6.45) is 0. The topological polar surface area (TPSA) is 75.3 Å². The lowest BCUT2D eigenvalue weighted by Gasteiger charge is -2.26. The molecule has 0 aliphatic carbocycles. The number of rotatable bonds is 4. The number of fused-ring (bicyclic) bond motifs is 1. The Bertz CT molecular complexity index is 1040. The predicted molar refractivity (Wildman–Crippen MR) is 101 cm³/mol. The Kier molecular flexibility index (Phi) is 4.43. The van der Waals surface area contributed by atoms with Gasteiger partial charge >= 0.3 is 5.97 Å². The highest BCUT2D eigenvalue weighted by atomic mass is 19.1. The lowest BCUT2D eigenvalue weighted by atomic mass is 9.99. The number of ether oxygens (including phenoxy) is 1. The van der Waals surface area contributed by atoms with E-state index in [1.54, 1.807) is 48.2 Å². The smallest absolute Gasteiger partial charge is 0.338 e. The maximum absolute atomic E-state index is 13.4. The van der Waals surface area contributed by atoms with Crippen LogP contribution in [0.3, 0.4) is 0 Å². The van der Waals surface area contributed by atoms with Gasteiger partial charge in [0.1, 0.15) is 5.82 Å². The zero-order valence-electron chi connectivity index (χ0n) is 15.4. The summed E-state index contributed by atoms with van der Waals surface area (Å²) in [5, 5.41) is 7.01. The zero-order chi connectivity index (χ0) is 19.8. The molecular formula is C21H18FN3O3. The largest absolute Gasteiger partial charge is 0.462 e. The van der Waals surface area contributed by atoms with E-state index in [-0.39, 0.29) is 18.3 Å². The van der Waals surface area contributed by atoms with Crippen molar-refractivity contribution in [3.63, 3.8) is 0 Å². The minimum Gasteiger partial charge on any atom is -0.462 e. The second kappa shape index (κ2) is 6.92. The minimum atomic E-state index is -0.435. The molecular weight excluding hydrogens is 361 g/mol. The highest BCUT2D eigenvalue weighted by Gasteiger charge is 2.42. The van der Waals surface area contributed by atoms with Crippen LogP contribution in [0.4, 0.5) is 10.1 Å². The van der Waals surface area contributed by atoms with Crippen molar-refractivity contribution in [1.82, 2.24) is 10.2 Å². The number of carbonyl (C=O) groups is 2. The first-order valence-corrected chi connectivity index (χ1v) is 8.92. The van der Waals surface area contributed by atoms with Crippen LogP contribution in [0.2, 0.25) is 0 Å². The SMILES string of the molecule is CCOC(=O)c1ccc(N2C(=O)c3n[nH]c(C)c3[C@@H]2c2ccc(F)cc2)cc1. The van der Waals surface area contributed by atoms with Crippen LogP contribution in [0.1, 0.15) is 50.6 Å². The van der Waals surface area contributed by atoms with Gasteiger partial charge in [-0.25, -0.2) is 9.18 Å². The Hall–Kier alpha value is -3.48. The molecule has 0 spiro atoms. The first-order chi connectivity index (χ1) is 13.5. The van der Waals surface area contributed by atoms with Crippen molar-refractivity contribution in [3.8, 4) is 0 Å². The van der Waals surface area contributed by atoms with Gasteiger partial charge in [-0.1, -0.05) is 12.1 Å². The van der Waals surface area contributed by atoms with Gasteiger partial charge in [0.05, 0.1) is 18.2 Å². The molecule has 1 aliphatic heterocycles. The second-order valence-electron chi connectivity index (χ2n) is 6.51. The van der Waals surface area contributed by atoms with Gasteiger partial charge in [-0.15, -0.1) is 0 Å². The average molecular weight is 379 g/mol. The molecule has 1 amide bonds. The molecule has 1 aromatic heterocycles. The summed E-state index contributed by atoms with van der Waals surface area (Å²) in [4.78, 5) is 26.6. The number of amides is 1. The quantitative estimate of drug-likeness (QED) is 0.700. The fourth-order valence-corrected chi connectivity index (χ4v) is 3.50. The van der Waals surface area contributed by atoms with Crippen LogP contribution in [0, 0.1) is 12.7 Å². The fourth-order valence-electron chi connectivity index (χ4n) is 3.50. The van der Waals surface area contributed by atoms with Crippen LogP contribution in [0.15, 0.2) is 48.5 Å². The normalized spacial score (nSPS) is 15.6. The molecule has 1 aliphatic rings. The molecule has 1 N–H and O–H groups in total. The summed E-state index contributed by atoms with van der Waals surface area (Å²) in [5.74, 6) is -1.01. The van der Waals surface area contributed by atoms with Crippen molar-refractivity contribution in [2.45, 2.75) is 19.9 Å². The summed E-state index contributed by atoms with van der Waals surface area (Å²) in [6.45, 7) is 3.88. The lowest BCUT2D eigenvalue weighted by molar-refractivity contribution is 0.0526. The first kappa shape index (κ1) is 17.9. The van der Waals surface area contributed by atoms with Gasteiger partial charge in [-0.2, -0.15) is 5.10 Å². The molecule has 2 aromatic carbocycles. The summed E-state index contributed by atoms with van der Waals surface area (Å²) in [6, 6.07) is 12.3. The lowest BCUT2D eigenvalue weighted by Crippen LogP contribution is -2.29. The Labute approximate surface area is 160 Å². The Balaban J connectivity index is 1.77. The number of nitrogens with zero attached hydrogens (tertiary/aromatic N) is 2. The van der Waals surface area contributed by atoms with Gasteiger partial charge in [0.2, 0.25) is 0 Å². The van der Waals surface area contributed by atoms with E-state index in [1.165, 1.54) is 12.1 Å². The van der Waals surface area contributed by atoms with E-state index in [0.29, 0.717) is 16.9 Å². The van der Waals surface area contributed by atoms with E-state index in [1.807, 2.05) is 6.92 Å². The van der Waals surface area contributed by atoms with Gasteiger partial charge in [0.15, 0.2) is 5.69 Å². The molecule has 0 saturated carbocycles. The monoisotopic (exact) mass is 379 g/mol. The van der Waals surface area contributed by atoms with Crippen LogP contribution in [-0.4, -0.2) is 28.7 Å². The van der Waals surface area contributed by atoms with Gasteiger partial charge in [-0.3, -0.25) is 14.8 Å². The molecule has 28 heavy (non-hydrogen) atoms. The number of aromatic nitrogens is 2. The summed E-state index contributed by atoms with van der Waals surface area (Å²) >= 11 is 0. The molecule has 6 nitrogen and oxygen atoms in total. The first-order valence-electron chi connectivity index (χ1n) is 8.92. The van der Waals surface area contributed by atoms with Crippen LogP contribution in [0.5, 0.6) is 0 Å². The van der Waals surface area contributed by atoms with Crippen LogP contribution in [0.25, 0.3) is 0 Å². The standard InChI is InChI=1S/C21H18FN3O3/c1-3-28-21(27)14-6-10-16(11-7-14)25-19(13-4-8-15(22)9-5-13)17-12(2)23-24-18(17)20(25)26/h4-11,19H,3H2,1-2H3,(H,23,24)/t19-/m0/s1. The second-order valence-corrected chi connectivity index (χ2v) is 6.51. The Morgan fingerprint density at radius 2 is 1.86 bits per heavy atom. The molecule has 0 saturated heterocycles. The third-order valence-corrected chi connectivity index (χ3v) is 4.79. The van der Waals surface area contributed by atoms with Crippen molar-refractivity contribution in [2.24, 2.45) is 0 Å². The average Bonchev–Trinajstić information content (AvgIpc) is 3.21. The van der Waals surface area contributed by atoms with Gasteiger partial charge in [0, 0.05) is 16.9 Å². The molecule has 0 radical (unpaired) electrons. The van der Waals surface area contributed by atoms with Crippen molar-refractivity contribution >= 4 is 17.6 Å². The van der Waals surface area contributed by atoms with Gasteiger partial charge in [0.25, 0.3) is 5.91 Å². The van der Waals surface area contributed by atoms with E-state index < -0.39 is 12.0 Å². The van der Waals surface area contributed by atoms with Crippen molar-refractivity contribution in [1.29, 1.82) is 0 Å². The number of nitrogens with one attached hydrogen (secondary N) is 1. The minimum absolute atomic E-state index is 0.252. The number of hydrogen-bond donors (Lipinski definition) is 1. The predicted octanol–water partition coefficient (Wildman–Crippen LogP) is 3.78. The van der Waals surface area contributed by atoms with E-state index in [9.17, 15) is 14.0 Å². The highest BCUT2D eigenvalue weighted by molar-refractivity contribution is 6.10. The number of aryl methyl sites for hydroxylation is 1. The molecule has 0 fully saturated rings. The van der Waals surface area contributed by atoms with E-state index >= 15 is 0 Å². The third-order valence-electron chi connectivity index (χ3n) is 4.79. The number of aromatic amines is 1. The molecule has 2 heterocycles. The number of anilines is 1. The fraction of sp³-hybridized carbons (Fsp3) is 0.190. The molecule has 1 atom stereocenters. The number of hydrogen-bond acceptors (Lipinski definition) is 4. The number of halogens is 1. The van der Waals surface area contributed by atoms with Crippen LogP contribution in [-0.2, 0) is 4.74 Å². The molecule has 3 aromatic rings. The molecule has 0 bridgehead atoms. The molecule has 142 valence electrons. The van der Waals surface area contributed by atoms with Gasteiger partial charge in [-0.05, 0) is 55.8 Å². The van der Waals surface area contributed by atoms with Crippen molar-refractivity contribution < 1.29 is 18.7 Å². The third kappa shape index (κ3) is 2.85. The number of H-pyrrole nitrogens is 1. The highest BCUT2D eigenvalue weighted by Crippen LogP contribution is 2.42. The number of benzene rings is 2. The van der Waals surface area contributed by atoms with Crippen molar-refractivity contribution in [2.75, 3.05) is 11.5 Å². The summed E-state index contributed by atoms with van der Waals surface area (Å²) < 4.78 is 18.4.